The van der Waals surface area contributed by atoms with Crippen LogP contribution in [-0.4, -0.2) is 117 Å². The summed E-state index contributed by atoms with van der Waals surface area (Å²) in [6, 6.07) is -0.0183. The van der Waals surface area contributed by atoms with Crippen LogP contribution in [0, 0.1) is 17.5 Å². The van der Waals surface area contributed by atoms with Crippen LogP contribution < -0.4 is 0 Å². The largest absolute Gasteiger partial charge is 0.394 e. The molecule has 2 aliphatic rings. The van der Waals surface area contributed by atoms with Crippen LogP contribution in [0.2, 0.25) is 0 Å². The highest BCUT2D eigenvalue weighted by molar-refractivity contribution is 8.00. The number of rotatable bonds is 8. The lowest BCUT2D eigenvalue weighted by Gasteiger charge is -2.45. The van der Waals surface area contributed by atoms with Gasteiger partial charge in [-0.25, -0.2) is 32.5 Å². The van der Waals surface area contributed by atoms with Crippen LogP contribution >= 0.6 is 11.8 Å². The predicted octanol–water partition coefficient (Wildman–Crippen LogP) is 0.779. The first kappa shape index (κ1) is 30.5. The van der Waals surface area contributed by atoms with E-state index < -0.39 is 71.2 Å². The number of methoxy groups -OCH3 is 1. The molecular weight excluding hydrogens is 609 g/mol. The molecule has 2 aliphatic heterocycles. The summed E-state index contributed by atoms with van der Waals surface area (Å²) in [5, 5.41) is 48.2. The molecule has 3 N–H and O–H groups in total. The molecule has 0 saturated carbocycles. The Bertz CT molecular complexity index is 1560. The zero-order valence-electron chi connectivity index (χ0n) is 23.0. The van der Waals surface area contributed by atoms with E-state index >= 15 is 0 Å². The SMILES string of the molecule is CO[C@@H]1[C@@H](n2cc(-c3cc(F)c(F)c(F)c3)nn2)[C@@H](O)[C@@H](CO)O[C@H]1S[C@@H]1COC[C@H](n2cc(-c3cncnc3)nn2)[C@H]1O. The van der Waals surface area contributed by atoms with Crippen LogP contribution in [0.4, 0.5) is 13.2 Å². The van der Waals surface area contributed by atoms with Crippen molar-refractivity contribution in [1.29, 1.82) is 0 Å². The summed E-state index contributed by atoms with van der Waals surface area (Å²) < 4.78 is 61.5. The Morgan fingerprint density at radius 3 is 2.30 bits per heavy atom. The van der Waals surface area contributed by atoms with Crippen molar-refractivity contribution < 1.29 is 42.7 Å². The lowest BCUT2D eigenvalue weighted by Crippen LogP contribution is -2.56. The number of aliphatic hydroxyl groups is 3. The molecular formula is C26H27F3N8O6S. The molecule has 0 aliphatic carbocycles. The van der Waals surface area contributed by atoms with E-state index in [9.17, 15) is 28.5 Å². The fourth-order valence-electron chi connectivity index (χ4n) is 5.26. The fraction of sp³-hybridized carbons (Fsp3) is 0.462. The van der Waals surface area contributed by atoms with E-state index in [1.807, 2.05) is 0 Å². The average Bonchev–Trinajstić information content (AvgIpc) is 3.72. The third-order valence-corrected chi connectivity index (χ3v) is 8.97. The maximum absolute atomic E-state index is 13.9. The summed E-state index contributed by atoms with van der Waals surface area (Å²) in [7, 11) is 1.39. The van der Waals surface area contributed by atoms with Crippen molar-refractivity contribution in [2.24, 2.45) is 0 Å². The first-order valence-corrected chi connectivity index (χ1v) is 14.4. The van der Waals surface area contributed by atoms with Crippen LogP contribution in [0.5, 0.6) is 0 Å². The minimum Gasteiger partial charge on any atom is -0.394 e. The van der Waals surface area contributed by atoms with Gasteiger partial charge in [-0.2, -0.15) is 0 Å². The number of halogens is 3. The Morgan fingerprint density at radius 2 is 1.61 bits per heavy atom. The zero-order valence-corrected chi connectivity index (χ0v) is 23.8. The summed E-state index contributed by atoms with van der Waals surface area (Å²) in [4.78, 5) is 7.96. The Labute approximate surface area is 251 Å². The van der Waals surface area contributed by atoms with Crippen molar-refractivity contribution in [3.05, 3.63) is 60.7 Å². The van der Waals surface area contributed by atoms with Crippen molar-refractivity contribution in [2.75, 3.05) is 26.9 Å². The van der Waals surface area contributed by atoms with E-state index in [-0.39, 0.29) is 24.5 Å². The van der Waals surface area contributed by atoms with Gasteiger partial charge >= 0.3 is 0 Å². The smallest absolute Gasteiger partial charge is 0.194 e. The van der Waals surface area contributed by atoms with Gasteiger partial charge in [-0.1, -0.05) is 10.4 Å². The molecule has 234 valence electrons. The number of ether oxygens (including phenoxy) is 3. The maximum atomic E-state index is 13.9. The summed E-state index contributed by atoms with van der Waals surface area (Å²) in [5.74, 6) is -4.40. The van der Waals surface area contributed by atoms with Crippen molar-refractivity contribution >= 4 is 11.8 Å². The molecule has 14 nitrogen and oxygen atoms in total. The predicted molar refractivity (Wildman–Crippen MR) is 145 cm³/mol. The van der Waals surface area contributed by atoms with Crippen molar-refractivity contribution in [2.45, 2.75) is 47.2 Å². The monoisotopic (exact) mass is 636 g/mol. The summed E-state index contributed by atoms with van der Waals surface area (Å²) in [6.07, 6.45) is 3.26. The molecule has 0 spiro atoms. The second-order valence-corrected chi connectivity index (χ2v) is 11.6. The molecule has 0 radical (unpaired) electrons. The zero-order chi connectivity index (χ0) is 31.0. The lowest BCUT2D eigenvalue weighted by atomic mass is 9.97. The van der Waals surface area contributed by atoms with Crippen LogP contribution in [0.25, 0.3) is 22.5 Å². The first-order valence-electron chi connectivity index (χ1n) is 13.4. The highest BCUT2D eigenvalue weighted by atomic mass is 32.2. The standard InChI is InChI=1S/C26H27F3N8O6S/c1-41-25-22(37-7-16(32-35-37)12-2-14(27)21(29)15(28)3-12)24(40)19(8-38)43-26(25)44-20-10-42-9-18(23(20)39)36-6-17(33-34-36)13-4-30-11-31-5-13/h2-7,11,18-20,22-26,38-40H,8-10H2,1H3/t18-,19+,20+,22-,23+,24-,25+,26-/m0/s1. The average molecular weight is 637 g/mol. The number of benzene rings is 1. The van der Waals surface area contributed by atoms with Crippen molar-refractivity contribution in [3.8, 4) is 22.5 Å². The molecule has 44 heavy (non-hydrogen) atoms. The minimum atomic E-state index is -1.61. The second-order valence-electron chi connectivity index (χ2n) is 10.2. The Kier molecular flexibility index (Phi) is 8.90. The van der Waals surface area contributed by atoms with E-state index in [0.29, 0.717) is 11.3 Å². The number of aliphatic hydroxyl groups excluding tert-OH is 3. The molecule has 5 heterocycles. The van der Waals surface area contributed by atoms with Gasteiger partial charge < -0.3 is 29.5 Å². The minimum absolute atomic E-state index is 0.00862. The first-order chi connectivity index (χ1) is 21.3. The molecule has 0 amide bonds. The third-order valence-electron chi connectivity index (χ3n) is 7.55. The van der Waals surface area contributed by atoms with E-state index in [1.54, 1.807) is 18.6 Å². The number of aromatic nitrogens is 8. The number of nitrogens with zero attached hydrogens (tertiary/aromatic N) is 8. The van der Waals surface area contributed by atoms with Crippen LogP contribution in [0.3, 0.4) is 0 Å². The van der Waals surface area contributed by atoms with Gasteiger partial charge in [0.2, 0.25) is 0 Å². The Morgan fingerprint density at radius 1 is 0.955 bits per heavy atom. The highest BCUT2D eigenvalue weighted by Gasteiger charge is 2.49. The lowest BCUT2D eigenvalue weighted by molar-refractivity contribution is -0.186. The maximum Gasteiger partial charge on any atom is 0.194 e. The molecule has 0 bridgehead atoms. The second kappa shape index (κ2) is 12.8. The quantitative estimate of drug-likeness (QED) is 0.232. The normalized spacial score (nSPS) is 29.2. The Balaban J connectivity index is 1.23. The van der Waals surface area contributed by atoms with Gasteiger partial charge in [-0.3, -0.25) is 0 Å². The summed E-state index contributed by atoms with van der Waals surface area (Å²) in [6.45, 7) is -0.240. The van der Waals surface area contributed by atoms with Gasteiger partial charge in [0.05, 0.1) is 43.6 Å². The highest BCUT2D eigenvalue weighted by Crippen LogP contribution is 2.41. The summed E-state index contributed by atoms with van der Waals surface area (Å²) >= 11 is 1.18. The summed E-state index contributed by atoms with van der Waals surface area (Å²) in [5.41, 5.74) is 0.254. The van der Waals surface area contributed by atoms with Crippen LogP contribution in [0.15, 0.2) is 43.2 Å². The molecule has 18 heteroatoms. The number of thioether (sulfide) groups is 1. The number of hydrogen-bond acceptors (Lipinski definition) is 13. The third kappa shape index (κ3) is 5.81. The van der Waals surface area contributed by atoms with Gasteiger partial charge in [0.1, 0.15) is 53.5 Å². The van der Waals surface area contributed by atoms with Gasteiger partial charge in [0, 0.05) is 30.6 Å². The van der Waals surface area contributed by atoms with Crippen molar-refractivity contribution in [1.82, 2.24) is 40.0 Å². The molecule has 2 fully saturated rings. The van der Waals surface area contributed by atoms with Gasteiger partial charge in [-0.05, 0) is 12.1 Å². The molecule has 4 aromatic rings. The van der Waals surface area contributed by atoms with Crippen LogP contribution in [0.1, 0.15) is 12.1 Å². The molecule has 8 atom stereocenters. The molecule has 0 unspecified atom stereocenters. The van der Waals surface area contributed by atoms with Crippen molar-refractivity contribution in [3.63, 3.8) is 0 Å². The van der Waals surface area contributed by atoms with Gasteiger partial charge in [-0.15, -0.1) is 22.0 Å². The number of hydrogen-bond donors (Lipinski definition) is 3. The molecule has 1 aromatic carbocycles. The fourth-order valence-corrected chi connectivity index (χ4v) is 6.75. The van der Waals surface area contributed by atoms with Crippen LogP contribution in [-0.2, 0) is 14.2 Å². The van der Waals surface area contributed by atoms with Gasteiger partial charge in [0.15, 0.2) is 17.5 Å². The van der Waals surface area contributed by atoms with Gasteiger partial charge in [0.25, 0.3) is 0 Å². The van der Waals surface area contributed by atoms with E-state index in [2.05, 4.69) is 30.6 Å². The molecule has 6 rings (SSSR count). The molecule has 3 aromatic heterocycles. The van der Waals surface area contributed by atoms with E-state index in [0.717, 1.165) is 12.1 Å². The van der Waals surface area contributed by atoms with E-state index in [4.69, 9.17) is 14.2 Å². The Hall–Kier alpha value is -3.52. The topological polar surface area (TPSA) is 176 Å². The molecule has 2 saturated heterocycles. The van der Waals surface area contributed by atoms with E-state index in [1.165, 1.54) is 40.8 Å².